The Bertz CT molecular complexity index is 659. The molecule has 2 aromatic carbocycles. The van der Waals surface area contributed by atoms with Crippen LogP contribution in [-0.4, -0.2) is 23.4 Å². The van der Waals surface area contributed by atoms with Crippen LogP contribution in [0.15, 0.2) is 54.6 Å². The molecule has 1 amide bonds. The summed E-state index contributed by atoms with van der Waals surface area (Å²) < 4.78 is 0. The third-order valence-corrected chi connectivity index (χ3v) is 4.49. The number of likely N-dealkylation sites (tertiary alicyclic amines) is 1. The van der Waals surface area contributed by atoms with Gasteiger partial charge < -0.3 is 5.32 Å². The maximum absolute atomic E-state index is 12.5. The number of carbonyl (C=O) groups is 1. The van der Waals surface area contributed by atoms with Gasteiger partial charge in [-0.1, -0.05) is 54.1 Å². The fourth-order valence-corrected chi connectivity index (χ4v) is 3.30. The molecule has 4 heteroatoms. The molecule has 1 fully saturated rings. The van der Waals surface area contributed by atoms with Crippen molar-refractivity contribution < 1.29 is 4.79 Å². The highest BCUT2D eigenvalue weighted by Gasteiger charge is 2.30. The first-order chi connectivity index (χ1) is 11.2. The largest absolute Gasteiger partial charge is 0.351 e. The van der Waals surface area contributed by atoms with Gasteiger partial charge in [-0.15, -0.1) is 0 Å². The van der Waals surface area contributed by atoms with Gasteiger partial charge >= 0.3 is 0 Å². The van der Waals surface area contributed by atoms with Crippen LogP contribution in [0.25, 0.3) is 0 Å². The lowest BCUT2D eigenvalue weighted by Gasteiger charge is -2.23. The summed E-state index contributed by atoms with van der Waals surface area (Å²) in [6.07, 6.45) is 2.00. The third kappa shape index (κ3) is 4.34. The number of halogens is 1. The summed E-state index contributed by atoms with van der Waals surface area (Å²) in [6, 6.07) is 17.9. The Kier molecular flexibility index (Phi) is 5.31. The zero-order valence-corrected chi connectivity index (χ0v) is 13.8. The molecule has 1 saturated heterocycles. The molecule has 1 heterocycles. The molecule has 1 atom stereocenters. The maximum Gasteiger partial charge on any atom is 0.237 e. The van der Waals surface area contributed by atoms with Crippen molar-refractivity contribution in [3.63, 3.8) is 0 Å². The molecule has 120 valence electrons. The third-order valence-electron chi connectivity index (χ3n) is 4.25. The average Bonchev–Trinajstić information content (AvgIpc) is 3.02. The van der Waals surface area contributed by atoms with Crippen molar-refractivity contribution in [3.05, 3.63) is 70.7 Å². The molecule has 0 unspecified atom stereocenters. The first-order valence-corrected chi connectivity index (χ1v) is 8.40. The summed E-state index contributed by atoms with van der Waals surface area (Å²) >= 11 is 5.98. The van der Waals surface area contributed by atoms with Gasteiger partial charge in [0.2, 0.25) is 5.91 Å². The molecule has 1 aliphatic heterocycles. The summed E-state index contributed by atoms with van der Waals surface area (Å²) in [5.74, 6) is 0.110. The molecule has 0 saturated carbocycles. The van der Waals surface area contributed by atoms with E-state index in [0.717, 1.165) is 31.5 Å². The fraction of sp³-hybridized carbons (Fsp3) is 0.316. The predicted molar refractivity (Wildman–Crippen MR) is 93.2 cm³/mol. The smallest absolute Gasteiger partial charge is 0.237 e. The van der Waals surface area contributed by atoms with Gasteiger partial charge in [0.25, 0.3) is 0 Å². The van der Waals surface area contributed by atoms with Crippen LogP contribution in [0.5, 0.6) is 0 Å². The predicted octanol–water partition coefficient (Wildman–Crippen LogP) is 3.62. The summed E-state index contributed by atoms with van der Waals surface area (Å²) in [5.41, 5.74) is 2.28. The minimum Gasteiger partial charge on any atom is -0.351 e. The van der Waals surface area contributed by atoms with Gasteiger partial charge in [0, 0.05) is 18.1 Å². The van der Waals surface area contributed by atoms with Crippen LogP contribution in [0.4, 0.5) is 0 Å². The molecular formula is C19H21ClN2O. The van der Waals surface area contributed by atoms with Crippen LogP contribution < -0.4 is 5.32 Å². The van der Waals surface area contributed by atoms with Crippen LogP contribution >= 0.6 is 11.6 Å². The number of hydrogen-bond donors (Lipinski definition) is 1. The van der Waals surface area contributed by atoms with Crippen molar-refractivity contribution >= 4 is 17.5 Å². The Hall–Kier alpha value is -1.84. The Morgan fingerprint density at radius 2 is 1.91 bits per heavy atom. The van der Waals surface area contributed by atoms with Crippen molar-refractivity contribution in [2.45, 2.75) is 32.0 Å². The standard InChI is InChI=1S/C19H21ClN2O/c20-17-9-4-8-16(12-17)13-21-19(23)18-10-5-11-22(18)14-15-6-2-1-3-7-15/h1-4,6-9,12,18H,5,10-11,13-14H2,(H,21,23)/t18-/m0/s1. The molecule has 0 spiro atoms. The lowest BCUT2D eigenvalue weighted by Crippen LogP contribution is -2.42. The lowest BCUT2D eigenvalue weighted by molar-refractivity contribution is -0.125. The van der Waals surface area contributed by atoms with E-state index in [1.807, 2.05) is 42.5 Å². The maximum atomic E-state index is 12.5. The number of hydrogen-bond acceptors (Lipinski definition) is 2. The number of amides is 1. The van der Waals surface area contributed by atoms with Crippen LogP contribution in [0, 0.1) is 0 Å². The first-order valence-electron chi connectivity index (χ1n) is 8.02. The van der Waals surface area contributed by atoms with E-state index in [9.17, 15) is 4.79 Å². The molecule has 3 nitrogen and oxygen atoms in total. The van der Waals surface area contributed by atoms with Crippen molar-refractivity contribution in [3.8, 4) is 0 Å². The van der Waals surface area contributed by atoms with E-state index in [1.165, 1.54) is 5.56 Å². The second kappa shape index (κ2) is 7.62. The molecule has 1 N–H and O–H groups in total. The van der Waals surface area contributed by atoms with Crippen LogP contribution in [0.1, 0.15) is 24.0 Å². The Morgan fingerprint density at radius 3 is 2.70 bits per heavy atom. The van der Waals surface area contributed by atoms with E-state index < -0.39 is 0 Å². The fourth-order valence-electron chi connectivity index (χ4n) is 3.08. The van der Waals surface area contributed by atoms with Gasteiger partial charge in [-0.05, 0) is 42.6 Å². The van der Waals surface area contributed by atoms with Crippen molar-refractivity contribution in [1.29, 1.82) is 0 Å². The minimum absolute atomic E-state index is 0.0330. The summed E-state index contributed by atoms with van der Waals surface area (Å²) in [7, 11) is 0. The quantitative estimate of drug-likeness (QED) is 0.909. The van der Waals surface area contributed by atoms with Gasteiger partial charge in [0.05, 0.1) is 6.04 Å². The van der Waals surface area contributed by atoms with E-state index in [4.69, 9.17) is 11.6 Å². The van der Waals surface area contributed by atoms with Crippen LogP contribution in [0.2, 0.25) is 5.02 Å². The molecule has 1 aliphatic rings. The lowest BCUT2D eigenvalue weighted by atomic mass is 10.1. The summed E-state index contributed by atoms with van der Waals surface area (Å²) in [4.78, 5) is 14.8. The van der Waals surface area contributed by atoms with Gasteiger partial charge in [-0.2, -0.15) is 0 Å². The number of benzene rings is 2. The number of nitrogens with zero attached hydrogens (tertiary/aromatic N) is 1. The van der Waals surface area contributed by atoms with E-state index >= 15 is 0 Å². The number of rotatable bonds is 5. The SMILES string of the molecule is O=C(NCc1cccc(Cl)c1)[C@@H]1CCCN1Cc1ccccc1. The van der Waals surface area contributed by atoms with E-state index in [2.05, 4.69) is 22.3 Å². The second-order valence-electron chi connectivity index (χ2n) is 5.96. The highest BCUT2D eigenvalue weighted by Crippen LogP contribution is 2.20. The number of carbonyl (C=O) groups excluding carboxylic acids is 1. The van der Waals surface area contributed by atoms with Gasteiger partial charge in [-0.3, -0.25) is 9.69 Å². The molecule has 2 aromatic rings. The van der Waals surface area contributed by atoms with Crippen LogP contribution in [-0.2, 0) is 17.9 Å². The van der Waals surface area contributed by atoms with Gasteiger partial charge in [0.1, 0.15) is 0 Å². The zero-order chi connectivity index (χ0) is 16.1. The molecule has 0 aromatic heterocycles. The van der Waals surface area contributed by atoms with Crippen molar-refractivity contribution in [2.24, 2.45) is 0 Å². The Morgan fingerprint density at radius 1 is 1.13 bits per heavy atom. The molecule has 3 rings (SSSR count). The molecule has 0 radical (unpaired) electrons. The second-order valence-corrected chi connectivity index (χ2v) is 6.40. The summed E-state index contributed by atoms with van der Waals surface area (Å²) in [6.45, 7) is 2.33. The topological polar surface area (TPSA) is 32.3 Å². The first kappa shape index (κ1) is 16.0. The monoisotopic (exact) mass is 328 g/mol. The normalized spacial score (nSPS) is 18.0. The zero-order valence-electron chi connectivity index (χ0n) is 13.0. The molecule has 0 bridgehead atoms. The van der Waals surface area contributed by atoms with Crippen molar-refractivity contribution in [1.82, 2.24) is 10.2 Å². The van der Waals surface area contributed by atoms with E-state index in [1.54, 1.807) is 0 Å². The van der Waals surface area contributed by atoms with Gasteiger partial charge in [0.15, 0.2) is 0 Å². The van der Waals surface area contributed by atoms with E-state index in [-0.39, 0.29) is 11.9 Å². The van der Waals surface area contributed by atoms with Gasteiger partial charge in [-0.25, -0.2) is 0 Å². The van der Waals surface area contributed by atoms with Crippen LogP contribution in [0.3, 0.4) is 0 Å². The average molecular weight is 329 g/mol. The highest BCUT2D eigenvalue weighted by atomic mass is 35.5. The summed E-state index contributed by atoms with van der Waals surface area (Å²) in [5, 5.41) is 3.74. The molecular weight excluding hydrogens is 308 g/mol. The number of nitrogens with one attached hydrogen (secondary N) is 1. The van der Waals surface area contributed by atoms with Crippen molar-refractivity contribution in [2.75, 3.05) is 6.54 Å². The Labute approximate surface area is 142 Å². The van der Waals surface area contributed by atoms with E-state index in [0.29, 0.717) is 11.6 Å². The highest BCUT2D eigenvalue weighted by molar-refractivity contribution is 6.30. The molecule has 23 heavy (non-hydrogen) atoms. The molecule has 0 aliphatic carbocycles. The Balaban J connectivity index is 1.57. The minimum atomic E-state index is -0.0330.